The number of rotatable bonds is 6. The molecule has 0 atom stereocenters. The van der Waals surface area contributed by atoms with E-state index in [9.17, 15) is 17.2 Å². The zero-order chi connectivity index (χ0) is 20.1. The third-order valence-corrected chi connectivity index (χ3v) is 5.91. The molecule has 0 saturated heterocycles. The number of aromatic nitrogens is 1. The van der Waals surface area contributed by atoms with E-state index in [2.05, 4.69) is 9.71 Å². The molecule has 1 aliphatic rings. The number of nitrogens with zero attached hydrogens (tertiary/aromatic N) is 2. The number of benzene rings is 1. The van der Waals surface area contributed by atoms with Crippen LogP contribution in [-0.4, -0.2) is 25.5 Å². The lowest BCUT2D eigenvalue weighted by atomic mass is 9.94. The molecule has 9 heteroatoms. The first-order valence-electron chi connectivity index (χ1n) is 8.81. The third kappa shape index (κ3) is 5.47. The normalized spacial score (nSPS) is 19.8. The Hall–Kier alpha value is -2.57. The zero-order valence-electron chi connectivity index (χ0n) is 14.9. The summed E-state index contributed by atoms with van der Waals surface area (Å²) in [7, 11) is -3.80. The molecule has 0 aliphatic heterocycles. The summed E-state index contributed by atoms with van der Waals surface area (Å²) in [6.45, 7) is 0. The summed E-state index contributed by atoms with van der Waals surface area (Å²) < 4.78 is 59.8. The van der Waals surface area contributed by atoms with Crippen molar-refractivity contribution in [3.8, 4) is 11.9 Å². The molecule has 1 heterocycles. The molecular formula is C19H19F2N3O3S. The topological polar surface area (TPSA) is 92.1 Å². The van der Waals surface area contributed by atoms with Crippen molar-refractivity contribution in [2.24, 2.45) is 0 Å². The average Bonchev–Trinajstić information content (AvgIpc) is 2.66. The minimum atomic E-state index is -3.80. The van der Waals surface area contributed by atoms with E-state index in [0.29, 0.717) is 37.1 Å². The highest BCUT2D eigenvalue weighted by Gasteiger charge is 2.26. The summed E-state index contributed by atoms with van der Waals surface area (Å²) in [5, 5.41) is 8.77. The lowest BCUT2D eigenvalue weighted by Crippen LogP contribution is -2.40. The predicted octanol–water partition coefficient (Wildman–Crippen LogP) is 3.04. The van der Waals surface area contributed by atoms with Gasteiger partial charge < -0.3 is 4.74 Å². The monoisotopic (exact) mass is 407 g/mol. The summed E-state index contributed by atoms with van der Waals surface area (Å²) in [5.41, 5.74) is 0.247. The Bertz CT molecular complexity index is 967. The van der Waals surface area contributed by atoms with E-state index in [0.717, 1.165) is 18.2 Å². The van der Waals surface area contributed by atoms with Crippen LogP contribution in [-0.2, 0) is 15.8 Å². The van der Waals surface area contributed by atoms with E-state index in [-0.39, 0.29) is 17.7 Å². The quantitative estimate of drug-likeness (QED) is 0.795. The van der Waals surface area contributed by atoms with Gasteiger partial charge in [0.05, 0.1) is 11.3 Å². The number of nitrogens with one attached hydrogen (secondary N) is 1. The van der Waals surface area contributed by atoms with Crippen molar-refractivity contribution in [3.05, 3.63) is 59.3 Å². The van der Waals surface area contributed by atoms with Gasteiger partial charge in [-0.25, -0.2) is 26.9 Å². The van der Waals surface area contributed by atoms with Crippen LogP contribution in [0.15, 0.2) is 36.5 Å². The van der Waals surface area contributed by atoms with Crippen LogP contribution in [0.1, 0.15) is 36.8 Å². The summed E-state index contributed by atoms with van der Waals surface area (Å²) in [6, 6.07) is 7.70. The highest BCUT2D eigenvalue weighted by atomic mass is 32.2. The molecule has 28 heavy (non-hydrogen) atoms. The Morgan fingerprint density at radius 2 is 1.93 bits per heavy atom. The van der Waals surface area contributed by atoms with Crippen molar-refractivity contribution in [1.82, 2.24) is 9.71 Å². The van der Waals surface area contributed by atoms with Gasteiger partial charge in [0.2, 0.25) is 15.9 Å². The minimum absolute atomic E-state index is 0.0955. The fraction of sp³-hybridized carbons (Fsp3) is 0.368. The van der Waals surface area contributed by atoms with Crippen LogP contribution < -0.4 is 9.46 Å². The van der Waals surface area contributed by atoms with Crippen LogP contribution in [0.25, 0.3) is 0 Å². The van der Waals surface area contributed by atoms with Gasteiger partial charge in [0.25, 0.3) is 0 Å². The maximum Gasteiger partial charge on any atom is 0.216 e. The number of hydrogen-bond acceptors (Lipinski definition) is 5. The molecule has 2 aromatic rings. The third-order valence-electron chi connectivity index (χ3n) is 4.53. The maximum atomic E-state index is 13.7. The number of hydrogen-bond donors (Lipinski definition) is 1. The summed E-state index contributed by atoms with van der Waals surface area (Å²) >= 11 is 0. The van der Waals surface area contributed by atoms with Crippen LogP contribution in [0.3, 0.4) is 0 Å². The van der Waals surface area contributed by atoms with E-state index in [1.165, 1.54) is 6.20 Å². The van der Waals surface area contributed by atoms with Gasteiger partial charge in [-0.05, 0) is 49.9 Å². The summed E-state index contributed by atoms with van der Waals surface area (Å²) in [5.74, 6) is -1.62. The lowest BCUT2D eigenvalue weighted by Gasteiger charge is -2.29. The van der Waals surface area contributed by atoms with Crippen LogP contribution in [0.2, 0.25) is 0 Å². The molecule has 1 N–H and O–H groups in total. The SMILES string of the molecule is N#Cc1ccc(OC2CCC(NS(=O)(=O)Cc3cc(F)ccc3F)CC2)nc1. The standard InChI is InChI=1S/C19H19F2N3O3S/c20-15-2-7-18(21)14(9-15)12-28(25,26)24-16-3-5-17(6-4-16)27-19-8-1-13(10-22)11-23-19/h1-2,7-9,11,16-17,24H,3-6,12H2. The van der Waals surface area contributed by atoms with Crippen molar-refractivity contribution in [2.45, 2.75) is 43.6 Å². The number of nitriles is 1. The second-order valence-electron chi connectivity index (χ2n) is 6.70. The first-order valence-corrected chi connectivity index (χ1v) is 10.5. The number of halogens is 2. The highest BCUT2D eigenvalue weighted by molar-refractivity contribution is 7.88. The van der Waals surface area contributed by atoms with Crippen molar-refractivity contribution < 1.29 is 21.9 Å². The zero-order valence-corrected chi connectivity index (χ0v) is 15.8. The molecular weight excluding hydrogens is 388 g/mol. The van der Waals surface area contributed by atoms with Crippen molar-refractivity contribution in [2.75, 3.05) is 0 Å². The molecule has 0 unspecified atom stereocenters. The Labute approximate surface area is 162 Å². The van der Waals surface area contributed by atoms with Gasteiger partial charge in [0.1, 0.15) is 23.8 Å². The number of pyridine rings is 1. The second kappa shape index (κ2) is 8.63. The van der Waals surface area contributed by atoms with Gasteiger partial charge in [0, 0.05) is 23.9 Å². The van der Waals surface area contributed by atoms with Crippen LogP contribution in [0, 0.1) is 23.0 Å². The van der Waals surface area contributed by atoms with Crippen molar-refractivity contribution in [1.29, 1.82) is 5.26 Å². The minimum Gasteiger partial charge on any atom is -0.474 e. The smallest absolute Gasteiger partial charge is 0.216 e. The van der Waals surface area contributed by atoms with Gasteiger partial charge in [-0.15, -0.1) is 0 Å². The lowest BCUT2D eigenvalue weighted by molar-refractivity contribution is 0.138. The average molecular weight is 407 g/mol. The number of sulfonamides is 1. The van der Waals surface area contributed by atoms with Crippen LogP contribution >= 0.6 is 0 Å². The summed E-state index contributed by atoms with van der Waals surface area (Å²) in [4.78, 5) is 4.06. The van der Waals surface area contributed by atoms with Gasteiger partial charge >= 0.3 is 0 Å². The van der Waals surface area contributed by atoms with E-state index in [1.54, 1.807) is 12.1 Å². The van der Waals surface area contributed by atoms with E-state index >= 15 is 0 Å². The molecule has 1 aromatic carbocycles. The van der Waals surface area contributed by atoms with Gasteiger partial charge in [-0.2, -0.15) is 5.26 Å². The van der Waals surface area contributed by atoms with Crippen LogP contribution in [0.5, 0.6) is 5.88 Å². The molecule has 1 saturated carbocycles. The molecule has 0 bridgehead atoms. The Morgan fingerprint density at radius 3 is 2.57 bits per heavy atom. The first-order chi connectivity index (χ1) is 13.3. The van der Waals surface area contributed by atoms with Crippen LogP contribution in [0.4, 0.5) is 8.78 Å². The fourth-order valence-corrected chi connectivity index (χ4v) is 4.60. The Kier molecular flexibility index (Phi) is 6.21. The van der Waals surface area contributed by atoms with Gasteiger partial charge in [0.15, 0.2) is 0 Å². The maximum absolute atomic E-state index is 13.7. The molecule has 1 aliphatic carbocycles. The van der Waals surface area contributed by atoms with E-state index in [1.807, 2.05) is 6.07 Å². The van der Waals surface area contributed by atoms with E-state index < -0.39 is 27.4 Å². The van der Waals surface area contributed by atoms with E-state index in [4.69, 9.17) is 10.00 Å². The molecule has 0 spiro atoms. The van der Waals surface area contributed by atoms with Crippen molar-refractivity contribution in [3.63, 3.8) is 0 Å². The fourth-order valence-electron chi connectivity index (χ4n) is 3.14. The Balaban J connectivity index is 1.51. The molecule has 1 fully saturated rings. The largest absolute Gasteiger partial charge is 0.474 e. The molecule has 1 aromatic heterocycles. The Morgan fingerprint density at radius 1 is 1.18 bits per heavy atom. The summed E-state index contributed by atoms with van der Waals surface area (Å²) in [6.07, 6.45) is 3.71. The molecule has 6 nitrogen and oxygen atoms in total. The molecule has 3 rings (SSSR count). The molecule has 0 radical (unpaired) electrons. The van der Waals surface area contributed by atoms with Gasteiger partial charge in [-0.3, -0.25) is 0 Å². The number of ether oxygens (including phenoxy) is 1. The predicted molar refractivity (Wildman–Crippen MR) is 97.7 cm³/mol. The first kappa shape index (κ1) is 20.2. The second-order valence-corrected chi connectivity index (χ2v) is 8.45. The van der Waals surface area contributed by atoms with Gasteiger partial charge in [-0.1, -0.05) is 0 Å². The molecule has 0 amide bonds. The highest BCUT2D eigenvalue weighted by Crippen LogP contribution is 2.24. The molecule has 148 valence electrons. The van der Waals surface area contributed by atoms with Crippen molar-refractivity contribution >= 4 is 10.0 Å².